The standard InChI is InChI=1S/C39H37N3O6S/c1-26(44)40-30-16-20-36(21-17-30)49-25-35-23-37(28-12-10-27(24-43)11-13-28)48-38(47-35)29-6-5-7-32(22-29)42-39(45)41-31-14-18-34(19-15-31)46-33-8-3-2-4-9-33/h2-22,35,37-38,43H,23-25H2,1H3,(H,40,44)(H2,41,42,45)/t35-,37+,38+/m1/s1. The molecule has 5 aromatic rings. The summed E-state index contributed by atoms with van der Waals surface area (Å²) < 4.78 is 18.8. The lowest BCUT2D eigenvalue weighted by atomic mass is 10.0. The van der Waals surface area contributed by atoms with Gasteiger partial charge in [0.2, 0.25) is 5.91 Å². The smallest absolute Gasteiger partial charge is 0.323 e. The average Bonchev–Trinajstić information content (AvgIpc) is 3.12. The number of aliphatic hydroxyl groups excluding tert-OH is 1. The van der Waals surface area contributed by atoms with Gasteiger partial charge in [0, 0.05) is 46.6 Å². The first kappa shape index (κ1) is 33.8. The quantitative estimate of drug-likeness (QED) is 0.103. The molecular formula is C39H37N3O6S. The van der Waals surface area contributed by atoms with Crippen molar-refractivity contribution >= 4 is 40.8 Å². The van der Waals surface area contributed by atoms with Crippen LogP contribution in [0.25, 0.3) is 0 Å². The number of anilines is 3. The van der Waals surface area contributed by atoms with E-state index in [4.69, 9.17) is 14.2 Å². The van der Waals surface area contributed by atoms with Crippen molar-refractivity contribution in [2.75, 3.05) is 21.7 Å². The van der Waals surface area contributed by atoms with Crippen LogP contribution in [-0.2, 0) is 20.9 Å². The topological polar surface area (TPSA) is 118 Å². The van der Waals surface area contributed by atoms with Gasteiger partial charge in [-0.3, -0.25) is 4.79 Å². The van der Waals surface area contributed by atoms with Crippen molar-refractivity contribution in [2.24, 2.45) is 0 Å². The predicted octanol–water partition coefficient (Wildman–Crippen LogP) is 8.91. The lowest BCUT2D eigenvalue weighted by Crippen LogP contribution is -2.31. The minimum Gasteiger partial charge on any atom is -0.457 e. The molecule has 0 bridgehead atoms. The van der Waals surface area contributed by atoms with Crippen molar-refractivity contribution in [1.82, 2.24) is 0 Å². The normalized spacial score (nSPS) is 17.1. The number of hydrogen-bond acceptors (Lipinski definition) is 7. The molecule has 1 aliphatic rings. The Morgan fingerprint density at radius 2 is 1.41 bits per heavy atom. The zero-order chi connectivity index (χ0) is 34.0. The Morgan fingerprint density at radius 3 is 2.12 bits per heavy atom. The molecule has 250 valence electrons. The Kier molecular flexibility index (Phi) is 11.2. The second kappa shape index (κ2) is 16.3. The van der Waals surface area contributed by atoms with E-state index in [1.807, 2.05) is 103 Å². The molecule has 0 saturated carbocycles. The number of aliphatic hydroxyl groups is 1. The van der Waals surface area contributed by atoms with Crippen molar-refractivity contribution in [3.05, 3.63) is 144 Å². The number of thioether (sulfide) groups is 1. The molecule has 9 nitrogen and oxygen atoms in total. The highest BCUT2D eigenvalue weighted by atomic mass is 32.2. The predicted molar refractivity (Wildman–Crippen MR) is 192 cm³/mol. The highest BCUT2D eigenvalue weighted by Gasteiger charge is 2.32. The van der Waals surface area contributed by atoms with Crippen LogP contribution >= 0.6 is 11.8 Å². The molecule has 3 amide bonds. The number of carbonyl (C=O) groups excluding carboxylic acids is 2. The van der Waals surface area contributed by atoms with Gasteiger partial charge >= 0.3 is 6.03 Å². The van der Waals surface area contributed by atoms with E-state index < -0.39 is 6.29 Å². The summed E-state index contributed by atoms with van der Waals surface area (Å²) in [6, 6.07) is 39.2. The Bertz CT molecular complexity index is 1840. The van der Waals surface area contributed by atoms with Gasteiger partial charge in [0.15, 0.2) is 6.29 Å². The zero-order valence-electron chi connectivity index (χ0n) is 26.9. The summed E-state index contributed by atoms with van der Waals surface area (Å²) in [4.78, 5) is 25.4. The van der Waals surface area contributed by atoms with Gasteiger partial charge in [-0.25, -0.2) is 4.79 Å². The third-order valence-electron chi connectivity index (χ3n) is 7.73. The molecule has 1 aliphatic heterocycles. The van der Waals surface area contributed by atoms with Crippen molar-refractivity contribution in [1.29, 1.82) is 0 Å². The van der Waals surface area contributed by atoms with Crippen LogP contribution in [0.15, 0.2) is 132 Å². The molecule has 49 heavy (non-hydrogen) atoms. The fourth-order valence-electron chi connectivity index (χ4n) is 5.34. The summed E-state index contributed by atoms with van der Waals surface area (Å²) in [7, 11) is 0. The molecule has 0 unspecified atom stereocenters. The first-order valence-corrected chi connectivity index (χ1v) is 16.9. The van der Waals surface area contributed by atoms with Crippen molar-refractivity contribution in [2.45, 2.75) is 43.3 Å². The average molecular weight is 676 g/mol. The van der Waals surface area contributed by atoms with Crippen LogP contribution < -0.4 is 20.7 Å². The minimum atomic E-state index is -0.675. The molecule has 0 aliphatic carbocycles. The maximum atomic E-state index is 12.9. The van der Waals surface area contributed by atoms with E-state index in [-0.39, 0.29) is 30.8 Å². The number of benzene rings is 5. The van der Waals surface area contributed by atoms with E-state index in [0.29, 0.717) is 29.3 Å². The van der Waals surface area contributed by atoms with Gasteiger partial charge in [0.1, 0.15) is 11.5 Å². The Labute approximate surface area is 289 Å². The third-order valence-corrected chi connectivity index (χ3v) is 8.88. The fourth-order valence-corrected chi connectivity index (χ4v) is 6.26. The minimum absolute atomic E-state index is 0.0289. The van der Waals surface area contributed by atoms with Crippen LogP contribution in [0, 0.1) is 0 Å². The Balaban J connectivity index is 1.11. The van der Waals surface area contributed by atoms with Gasteiger partial charge in [0.05, 0.1) is 18.8 Å². The third kappa shape index (κ3) is 9.71. The van der Waals surface area contributed by atoms with Crippen molar-refractivity contribution in [3.63, 3.8) is 0 Å². The van der Waals surface area contributed by atoms with Gasteiger partial charge < -0.3 is 35.3 Å². The van der Waals surface area contributed by atoms with Gasteiger partial charge in [-0.2, -0.15) is 0 Å². The molecule has 3 atom stereocenters. The van der Waals surface area contributed by atoms with Gasteiger partial charge in [0.25, 0.3) is 0 Å². The molecule has 1 fully saturated rings. The summed E-state index contributed by atoms with van der Waals surface area (Å²) in [5.74, 6) is 1.97. The monoisotopic (exact) mass is 675 g/mol. The summed E-state index contributed by atoms with van der Waals surface area (Å²) in [5.41, 5.74) is 4.55. The highest BCUT2D eigenvalue weighted by Crippen LogP contribution is 2.40. The van der Waals surface area contributed by atoms with Gasteiger partial charge in [-0.15, -0.1) is 11.8 Å². The second-order valence-corrected chi connectivity index (χ2v) is 12.6. The maximum Gasteiger partial charge on any atom is 0.323 e. The SMILES string of the molecule is CC(=O)Nc1ccc(SC[C@H]2C[C@@H](c3ccc(CO)cc3)O[C@@H](c3cccc(NC(=O)Nc4ccc(Oc5ccccc5)cc4)c3)O2)cc1. The number of hydrogen-bond donors (Lipinski definition) is 4. The van der Waals surface area contributed by atoms with Crippen molar-refractivity contribution < 1.29 is 28.9 Å². The number of amides is 3. The summed E-state index contributed by atoms with van der Waals surface area (Å²) in [6.45, 7) is 1.46. The van der Waals surface area contributed by atoms with Crippen LogP contribution in [0.1, 0.15) is 42.4 Å². The van der Waals surface area contributed by atoms with Crippen LogP contribution in [0.2, 0.25) is 0 Å². The van der Waals surface area contributed by atoms with E-state index in [1.165, 1.54) is 6.92 Å². The fraction of sp³-hybridized carbons (Fsp3) is 0.179. The van der Waals surface area contributed by atoms with Gasteiger partial charge in [-0.1, -0.05) is 54.6 Å². The lowest BCUT2D eigenvalue weighted by Gasteiger charge is -2.36. The number of ether oxygens (including phenoxy) is 3. The van der Waals surface area contributed by atoms with Crippen LogP contribution in [0.4, 0.5) is 21.9 Å². The summed E-state index contributed by atoms with van der Waals surface area (Å²) >= 11 is 1.67. The molecule has 0 spiro atoms. The molecule has 0 radical (unpaired) electrons. The second-order valence-electron chi connectivity index (χ2n) is 11.5. The van der Waals surface area contributed by atoms with E-state index in [9.17, 15) is 14.7 Å². The van der Waals surface area contributed by atoms with Crippen LogP contribution in [0.3, 0.4) is 0 Å². The molecule has 5 aromatic carbocycles. The summed E-state index contributed by atoms with van der Waals surface area (Å²) in [6.07, 6.45) is -0.421. The molecular weight excluding hydrogens is 639 g/mol. The van der Waals surface area contributed by atoms with E-state index >= 15 is 0 Å². The largest absolute Gasteiger partial charge is 0.457 e. The first-order chi connectivity index (χ1) is 23.9. The van der Waals surface area contributed by atoms with E-state index in [0.717, 1.165) is 33.0 Å². The molecule has 4 N–H and O–H groups in total. The van der Waals surface area contributed by atoms with E-state index in [1.54, 1.807) is 36.0 Å². The van der Waals surface area contributed by atoms with Gasteiger partial charge in [-0.05, 0) is 83.9 Å². The summed E-state index contributed by atoms with van der Waals surface area (Å²) in [5, 5.41) is 18.1. The first-order valence-electron chi connectivity index (χ1n) is 15.9. The Hall–Kier alpha value is -5.13. The Morgan fingerprint density at radius 1 is 0.735 bits per heavy atom. The molecule has 1 saturated heterocycles. The van der Waals surface area contributed by atoms with E-state index in [2.05, 4.69) is 16.0 Å². The van der Waals surface area contributed by atoms with Crippen LogP contribution in [0.5, 0.6) is 11.5 Å². The highest BCUT2D eigenvalue weighted by molar-refractivity contribution is 7.99. The number of urea groups is 1. The number of carbonyl (C=O) groups is 2. The molecule has 1 heterocycles. The molecule has 0 aromatic heterocycles. The van der Waals surface area contributed by atoms with Crippen LogP contribution in [-0.4, -0.2) is 28.9 Å². The number of para-hydroxylation sites is 1. The molecule has 10 heteroatoms. The maximum absolute atomic E-state index is 12.9. The van der Waals surface area contributed by atoms with Crippen molar-refractivity contribution in [3.8, 4) is 11.5 Å². The lowest BCUT2D eigenvalue weighted by molar-refractivity contribution is -0.245. The zero-order valence-corrected chi connectivity index (χ0v) is 27.7. The number of nitrogens with one attached hydrogen (secondary N) is 3. The number of rotatable bonds is 11. The molecule has 6 rings (SSSR count).